The summed E-state index contributed by atoms with van der Waals surface area (Å²) in [5.41, 5.74) is 6.38. The van der Waals surface area contributed by atoms with Crippen LogP contribution in [-0.4, -0.2) is 43.0 Å². The molecule has 2 N–H and O–H groups in total. The predicted octanol–water partition coefficient (Wildman–Crippen LogP) is 1.34. The summed E-state index contributed by atoms with van der Waals surface area (Å²) in [5, 5.41) is 0.772. The van der Waals surface area contributed by atoms with Crippen LogP contribution in [0.3, 0.4) is 0 Å². The van der Waals surface area contributed by atoms with Crippen LogP contribution in [0.15, 0.2) is 24.3 Å². The van der Waals surface area contributed by atoms with Gasteiger partial charge in [-0.1, -0.05) is 23.7 Å². The molecule has 1 fully saturated rings. The van der Waals surface area contributed by atoms with Gasteiger partial charge >= 0.3 is 0 Å². The molecule has 0 saturated carbocycles. The van der Waals surface area contributed by atoms with Gasteiger partial charge in [0.05, 0.1) is 16.8 Å². The van der Waals surface area contributed by atoms with Crippen LogP contribution in [0.2, 0.25) is 5.02 Å². The molecule has 1 aliphatic rings. The highest BCUT2D eigenvalue weighted by molar-refractivity contribution is 6.33. The highest BCUT2D eigenvalue weighted by Gasteiger charge is 2.24. The molecule has 0 aliphatic carbocycles. The van der Waals surface area contributed by atoms with Crippen molar-refractivity contribution in [2.24, 2.45) is 5.73 Å². The summed E-state index contributed by atoms with van der Waals surface area (Å²) < 4.78 is 0. The molecule has 0 radical (unpaired) electrons. The Morgan fingerprint density at radius 2 is 1.89 bits per heavy atom. The fourth-order valence-corrected chi connectivity index (χ4v) is 2.49. The van der Waals surface area contributed by atoms with Crippen LogP contribution in [0, 0.1) is 0 Å². The first kappa shape index (κ1) is 13.2. The van der Waals surface area contributed by atoms with Crippen molar-refractivity contribution in [1.29, 1.82) is 0 Å². The summed E-state index contributed by atoms with van der Waals surface area (Å²) in [4.78, 5) is 15.5. The molecule has 1 aliphatic heterocycles. The second-order valence-electron chi connectivity index (χ2n) is 4.55. The lowest BCUT2D eigenvalue weighted by atomic mass is 10.2. The first-order chi connectivity index (χ1) is 8.59. The summed E-state index contributed by atoms with van der Waals surface area (Å²) in [6.45, 7) is 5.24. The zero-order valence-corrected chi connectivity index (χ0v) is 11.2. The topological polar surface area (TPSA) is 49.6 Å². The minimum atomic E-state index is -0.263. The van der Waals surface area contributed by atoms with Crippen molar-refractivity contribution in [3.63, 3.8) is 0 Å². The number of para-hydroxylation sites is 1. The third-order valence-corrected chi connectivity index (χ3v) is 3.79. The average Bonchev–Trinajstić information content (AvgIpc) is 2.38. The number of nitrogens with zero attached hydrogens (tertiary/aromatic N) is 2. The number of halogens is 1. The van der Waals surface area contributed by atoms with E-state index >= 15 is 0 Å². The number of rotatable bonds is 3. The maximum atomic E-state index is 11.2. The molecule has 1 unspecified atom stereocenters. The Labute approximate surface area is 112 Å². The van der Waals surface area contributed by atoms with E-state index in [4.69, 9.17) is 17.3 Å². The van der Waals surface area contributed by atoms with Gasteiger partial charge in [0.2, 0.25) is 5.91 Å². The van der Waals surface area contributed by atoms with Gasteiger partial charge in [-0.3, -0.25) is 9.69 Å². The summed E-state index contributed by atoms with van der Waals surface area (Å²) in [7, 11) is 0. The maximum Gasteiger partial charge on any atom is 0.234 e. The fourth-order valence-electron chi connectivity index (χ4n) is 2.24. The number of anilines is 1. The van der Waals surface area contributed by atoms with E-state index in [2.05, 4.69) is 9.80 Å². The van der Waals surface area contributed by atoms with Gasteiger partial charge in [-0.15, -0.1) is 0 Å². The Hall–Kier alpha value is -1.26. The van der Waals surface area contributed by atoms with Crippen LogP contribution in [0.5, 0.6) is 0 Å². The maximum absolute atomic E-state index is 11.2. The molecule has 1 atom stereocenters. The Morgan fingerprint density at radius 3 is 2.44 bits per heavy atom. The van der Waals surface area contributed by atoms with Crippen molar-refractivity contribution >= 4 is 23.2 Å². The SMILES string of the molecule is CC(C(N)=O)N1CCN(c2ccccc2Cl)CC1. The lowest BCUT2D eigenvalue weighted by molar-refractivity contribution is -0.122. The number of nitrogens with two attached hydrogens (primary N) is 1. The highest BCUT2D eigenvalue weighted by atomic mass is 35.5. The van der Waals surface area contributed by atoms with Gasteiger partial charge < -0.3 is 10.6 Å². The number of carbonyl (C=O) groups excluding carboxylic acids is 1. The summed E-state index contributed by atoms with van der Waals surface area (Å²) >= 11 is 6.18. The van der Waals surface area contributed by atoms with Crippen LogP contribution in [0.25, 0.3) is 0 Å². The number of amides is 1. The third-order valence-electron chi connectivity index (χ3n) is 3.47. The van der Waals surface area contributed by atoms with Gasteiger partial charge in [0.15, 0.2) is 0 Å². The minimum absolute atomic E-state index is 0.196. The van der Waals surface area contributed by atoms with Gasteiger partial charge in [-0.2, -0.15) is 0 Å². The number of hydrogen-bond acceptors (Lipinski definition) is 3. The van der Waals surface area contributed by atoms with Crippen LogP contribution in [0.4, 0.5) is 5.69 Å². The Balaban J connectivity index is 1.99. The van der Waals surface area contributed by atoms with Gasteiger partial charge in [-0.05, 0) is 19.1 Å². The number of hydrogen-bond donors (Lipinski definition) is 1. The molecule has 4 nitrogen and oxygen atoms in total. The van der Waals surface area contributed by atoms with Gasteiger partial charge in [-0.25, -0.2) is 0 Å². The first-order valence-electron chi connectivity index (χ1n) is 6.12. The van der Waals surface area contributed by atoms with E-state index in [9.17, 15) is 4.79 Å². The number of carbonyl (C=O) groups is 1. The molecule has 2 rings (SSSR count). The summed E-state index contributed by atoms with van der Waals surface area (Å²) in [6, 6.07) is 7.64. The normalized spacial score (nSPS) is 18.7. The van der Waals surface area contributed by atoms with Crippen molar-refractivity contribution in [3.8, 4) is 0 Å². The molecule has 98 valence electrons. The van der Waals surface area contributed by atoms with Crippen LogP contribution in [-0.2, 0) is 4.79 Å². The van der Waals surface area contributed by atoms with Crippen molar-refractivity contribution in [3.05, 3.63) is 29.3 Å². The van der Waals surface area contributed by atoms with Crippen LogP contribution < -0.4 is 10.6 Å². The Bertz CT molecular complexity index is 430. The van der Waals surface area contributed by atoms with Gasteiger partial charge in [0.1, 0.15) is 0 Å². The molecule has 0 spiro atoms. The van der Waals surface area contributed by atoms with E-state index < -0.39 is 0 Å². The van der Waals surface area contributed by atoms with Gasteiger partial charge in [0, 0.05) is 26.2 Å². The number of primary amides is 1. The standard InChI is InChI=1S/C13H18ClN3O/c1-10(13(15)18)16-6-8-17(9-7-16)12-5-3-2-4-11(12)14/h2-5,10H,6-9H2,1H3,(H2,15,18). The summed E-state index contributed by atoms with van der Waals surface area (Å²) in [5.74, 6) is -0.263. The zero-order chi connectivity index (χ0) is 13.1. The van der Waals surface area contributed by atoms with E-state index in [0.717, 1.165) is 36.9 Å². The van der Waals surface area contributed by atoms with Crippen molar-refractivity contribution < 1.29 is 4.79 Å². The first-order valence-corrected chi connectivity index (χ1v) is 6.50. The quantitative estimate of drug-likeness (QED) is 0.899. The molecule has 0 aromatic heterocycles. The highest BCUT2D eigenvalue weighted by Crippen LogP contribution is 2.26. The molecular formula is C13H18ClN3O. The van der Waals surface area contributed by atoms with Gasteiger partial charge in [0.25, 0.3) is 0 Å². The van der Waals surface area contributed by atoms with Crippen molar-refractivity contribution in [2.45, 2.75) is 13.0 Å². The molecule has 1 aromatic rings. The minimum Gasteiger partial charge on any atom is -0.368 e. The lowest BCUT2D eigenvalue weighted by Crippen LogP contribution is -2.53. The predicted molar refractivity (Wildman–Crippen MR) is 73.9 cm³/mol. The molecule has 1 heterocycles. The third kappa shape index (κ3) is 2.76. The Kier molecular flexibility index (Phi) is 4.09. The number of benzene rings is 1. The molecule has 1 saturated heterocycles. The molecule has 1 aromatic carbocycles. The monoisotopic (exact) mass is 267 g/mol. The fraction of sp³-hybridized carbons (Fsp3) is 0.462. The number of piperazine rings is 1. The van der Waals surface area contributed by atoms with E-state index in [-0.39, 0.29) is 11.9 Å². The molecule has 5 heteroatoms. The molecule has 0 bridgehead atoms. The van der Waals surface area contributed by atoms with Crippen LogP contribution >= 0.6 is 11.6 Å². The zero-order valence-electron chi connectivity index (χ0n) is 10.5. The van der Waals surface area contributed by atoms with Crippen molar-refractivity contribution in [2.75, 3.05) is 31.1 Å². The second-order valence-corrected chi connectivity index (χ2v) is 4.96. The molecule has 18 heavy (non-hydrogen) atoms. The van der Waals surface area contributed by atoms with E-state index in [0.29, 0.717) is 0 Å². The molecular weight excluding hydrogens is 250 g/mol. The van der Waals surface area contributed by atoms with E-state index in [1.807, 2.05) is 31.2 Å². The van der Waals surface area contributed by atoms with E-state index in [1.165, 1.54) is 0 Å². The van der Waals surface area contributed by atoms with Crippen LogP contribution in [0.1, 0.15) is 6.92 Å². The Morgan fingerprint density at radius 1 is 1.28 bits per heavy atom. The summed E-state index contributed by atoms with van der Waals surface area (Å²) in [6.07, 6.45) is 0. The molecule has 1 amide bonds. The second kappa shape index (κ2) is 5.59. The largest absolute Gasteiger partial charge is 0.368 e. The van der Waals surface area contributed by atoms with Crippen molar-refractivity contribution in [1.82, 2.24) is 4.90 Å². The van der Waals surface area contributed by atoms with E-state index in [1.54, 1.807) is 0 Å². The average molecular weight is 268 g/mol. The lowest BCUT2D eigenvalue weighted by Gasteiger charge is -2.38. The smallest absolute Gasteiger partial charge is 0.234 e.